The first kappa shape index (κ1) is 21.5. The molecule has 1 atom stereocenters. The van der Waals surface area contributed by atoms with Gasteiger partial charge in [0.25, 0.3) is 0 Å². The minimum atomic E-state index is -0.721. The summed E-state index contributed by atoms with van der Waals surface area (Å²) in [6.07, 6.45) is 17.9. The number of carboxylic acid groups (broad SMARTS) is 1. The minimum absolute atomic E-state index is 0.253. The zero-order valence-corrected chi connectivity index (χ0v) is 14.5. The van der Waals surface area contributed by atoms with Crippen molar-refractivity contribution in [1.82, 2.24) is 0 Å². The van der Waals surface area contributed by atoms with E-state index in [4.69, 9.17) is 5.11 Å². The number of allylic oxidation sites excluding steroid dienone is 4. The van der Waals surface area contributed by atoms with Gasteiger partial charge in [-0.05, 0) is 57.4 Å². The van der Waals surface area contributed by atoms with Gasteiger partial charge in [0.15, 0.2) is 0 Å². The number of carboxylic acids is 1. The van der Waals surface area contributed by atoms with Gasteiger partial charge < -0.3 is 10.2 Å². The molecule has 0 rings (SSSR count). The molecular weight excluding hydrogens is 288 g/mol. The van der Waals surface area contributed by atoms with E-state index >= 15 is 0 Å². The molecule has 23 heavy (non-hydrogen) atoms. The Bertz CT molecular complexity index is 399. The van der Waals surface area contributed by atoms with E-state index in [0.717, 1.165) is 64.2 Å². The molecule has 0 saturated carbocycles. The fourth-order valence-corrected chi connectivity index (χ4v) is 2.08. The van der Waals surface area contributed by atoms with Crippen molar-refractivity contribution < 1.29 is 15.0 Å². The highest BCUT2D eigenvalue weighted by Crippen LogP contribution is 2.04. The maximum Gasteiger partial charge on any atom is 0.303 e. The lowest BCUT2D eigenvalue weighted by Crippen LogP contribution is -2.01. The molecule has 0 aromatic rings. The Morgan fingerprint density at radius 1 is 1.00 bits per heavy atom. The Morgan fingerprint density at radius 2 is 1.65 bits per heavy atom. The summed E-state index contributed by atoms with van der Waals surface area (Å²) in [6.45, 7) is 2.15. The molecule has 130 valence electrons. The number of aliphatic carboxylic acids is 1. The van der Waals surface area contributed by atoms with Crippen LogP contribution in [-0.4, -0.2) is 22.3 Å². The average Bonchev–Trinajstić information content (AvgIpc) is 2.51. The van der Waals surface area contributed by atoms with Gasteiger partial charge in [-0.1, -0.05) is 49.8 Å². The topological polar surface area (TPSA) is 57.5 Å². The summed E-state index contributed by atoms with van der Waals surface area (Å²) >= 11 is 0. The normalized spacial score (nSPS) is 12.4. The second kappa shape index (κ2) is 16.8. The van der Waals surface area contributed by atoms with Gasteiger partial charge in [-0.3, -0.25) is 4.79 Å². The summed E-state index contributed by atoms with van der Waals surface area (Å²) < 4.78 is 0. The zero-order valence-electron chi connectivity index (χ0n) is 14.5. The molecule has 0 saturated heterocycles. The molecular formula is C20H32O3. The third-order valence-electron chi connectivity index (χ3n) is 3.45. The minimum Gasteiger partial charge on any atom is -0.481 e. The molecule has 0 aromatic carbocycles. The van der Waals surface area contributed by atoms with Crippen molar-refractivity contribution in [2.45, 2.75) is 83.7 Å². The molecule has 0 unspecified atom stereocenters. The Balaban J connectivity index is 3.47. The first-order valence-electron chi connectivity index (χ1n) is 8.87. The first-order chi connectivity index (χ1) is 11.2. The summed E-state index contributed by atoms with van der Waals surface area (Å²) in [5.41, 5.74) is 0. The molecule has 0 aliphatic heterocycles. The standard InChI is InChI=1S/C20H32O3/c1-2-3-13-16-19(21)17-14-11-9-7-5-4-6-8-10-12-15-18-20(22)23/h8-11,19,21H,2-7,12-13,15-16,18H2,1H3,(H,22,23)/b10-8-,11-9-/t19-/m0/s1. The second-order valence-corrected chi connectivity index (χ2v) is 5.74. The van der Waals surface area contributed by atoms with Crippen LogP contribution >= 0.6 is 0 Å². The van der Waals surface area contributed by atoms with Gasteiger partial charge in [0.2, 0.25) is 0 Å². The van der Waals surface area contributed by atoms with Crippen molar-refractivity contribution in [3.8, 4) is 11.8 Å². The summed E-state index contributed by atoms with van der Waals surface area (Å²) in [6, 6.07) is 0. The number of hydrogen-bond donors (Lipinski definition) is 2. The lowest BCUT2D eigenvalue weighted by Gasteiger charge is -2.00. The van der Waals surface area contributed by atoms with Crippen LogP contribution in [0.15, 0.2) is 24.3 Å². The van der Waals surface area contributed by atoms with Crippen LogP contribution in [0.1, 0.15) is 77.6 Å². The molecule has 2 N–H and O–H groups in total. The Hall–Kier alpha value is -1.53. The number of hydrogen-bond acceptors (Lipinski definition) is 2. The monoisotopic (exact) mass is 320 g/mol. The molecule has 3 heteroatoms. The van der Waals surface area contributed by atoms with Crippen LogP contribution in [0.4, 0.5) is 0 Å². The van der Waals surface area contributed by atoms with Crippen molar-refractivity contribution in [3.63, 3.8) is 0 Å². The van der Waals surface area contributed by atoms with E-state index in [9.17, 15) is 9.90 Å². The van der Waals surface area contributed by atoms with Crippen LogP contribution in [-0.2, 0) is 4.79 Å². The average molecular weight is 320 g/mol. The summed E-state index contributed by atoms with van der Waals surface area (Å²) in [5, 5.41) is 18.1. The van der Waals surface area contributed by atoms with Crippen molar-refractivity contribution in [2.75, 3.05) is 0 Å². The second-order valence-electron chi connectivity index (χ2n) is 5.74. The van der Waals surface area contributed by atoms with Crippen molar-refractivity contribution in [3.05, 3.63) is 24.3 Å². The highest BCUT2D eigenvalue weighted by molar-refractivity contribution is 5.66. The molecule has 0 aliphatic carbocycles. The summed E-state index contributed by atoms with van der Waals surface area (Å²) in [5.74, 6) is 5.03. The van der Waals surface area contributed by atoms with Crippen LogP contribution in [0, 0.1) is 11.8 Å². The van der Waals surface area contributed by atoms with Gasteiger partial charge in [-0.15, -0.1) is 0 Å². The van der Waals surface area contributed by atoms with Crippen LogP contribution in [0.3, 0.4) is 0 Å². The largest absolute Gasteiger partial charge is 0.481 e. The van der Waals surface area contributed by atoms with E-state index < -0.39 is 12.1 Å². The molecule has 0 heterocycles. The fraction of sp³-hybridized carbons (Fsp3) is 0.650. The van der Waals surface area contributed by atoms with E-state index in [0.29, 0.717) is 0 Å². The van der Waals surface area contributed by atoms with Gasteiger partial charge in [-0.2, -0.15) is 0 Å². The molecule has 0 spiro atoms. The van der Waals surface area contributed by atoms with Gasteiger partial charge in [0.1, 0.15) is 6.10 Å². The summed E-state index contributed by atoms with van der Waals surface area (Å²) in [7, 11) is 0. The SMILES string of the molecule is CCCCC[C@H](O)C#C/C=C\CCCC/C=C\CCCC(=O)O. The predicted molar refractivity (Wildman–Crippen MR) is 96.2 cm³/mol. The van der Waals surface area contributed by atoms with Gasteiger partial charge in [0.05, 0.1) is 0 Å². The lowest BCUT2D eigenvalue weighted by molar-refractivity contribution is -0.137. The number of rotatable bonds is 13. The quantitative estimate of drug-likeness (QED) is 0.289. The van der Waals surface area contributed by atoms with E-state index in [1.54, 1.807) is 0 Å². The van der Waals surface area contributed by atoms with Gasteiger partial charge in [0, 0.05) is 6.42 Å². The maximum absolute atomic E-state index is 10.3. The fourth-order valence-electron chi connectivity index (χ4n) is 2.08. The highest BCUT2D eigenvalue weighted by Gasteiger charge is 1.96. The van der Waals surface area contributed by atoms with E-state index in [-0.39, 0.29) is 6.42 Å². The molecule has 0 aromatic heterocycles. The van der Waals surface area contributed by atoms with Crippen molar-refractivity contribution >= 4 is 5.97 Å². The van der Waals surface area contributed by atoms with E-state index in [2.05, 4.69) is 37.0 Å². The van der Waals surface area contributed by atoms with Crippen LogP contribution in [0.25, 0.3) is 0 Å². The predicted octanol–water partition coefficient (Wildman–Crippen LogP) is 4.86. The number of carbonyl (C=O) groups is 1. The summed E-state index contributed by atoms with van der Waals surface area (Å²) in [4.78, 5) is 10.3. The number of aliphatic hydroxyl groups is 1. The Morgan fingerprint density at radius 3 is 2.30 bits per heavy atom. The van der Waals surface area contributed by atoms with Crippen LogP contribution in [0.2, 0.25) is 0 Å². The van der Waals surface area contributed by atoms with Gasteiger partial charge >= 0.3 is 5.97 Å². The third kappa shape index (κ3) is 18.4. The van der Waals surface area contributed by atoms with Crippen LogP contribution in [0.5, 0.6) is 0 Å². The zero-order chi connectivity index (χ0) is 17.2. The lowest BCUT2D eigenvalue weighted by atomic mass is 10.1. The highest BCUT2D eigenvalue weighted by atomic mass is 16.4. The molecule has 0 amide bonds. The molecule has 0 aliphatic rings. The molecule has 3 nitrogen and oxygen atoms in total. The Labute approximate surface area is 141 Å². The maximum atomic E-state index is 10.3. The number of aliphatic hydroxyl groups excluding tert-OH is 1. The van der Waals surface area contributed by atoms with E-state index in [1.165, 1.54) is 0 Å². The van der Waals surface area contributed by atoms with E-state index in [1.807, 2.05) is 6.08 Å². The van der Waals surface area contributed by atoms with Gasteiger partial charge in [-0.25, -0.2) is 0 Å². The first-order valence-corrected chi connectivity index (χ1v) is 8.87. The molecule has 0 bridgehead atoms. The smallest absolute Gasteiger partial charge is 0.303 e. The van der Waals surface area contributed by atoms with Crippen molar-refractivity contribution in [2.24, 2.45) is 0 Å². The molecule has 0 radical (unpaired) electrons. The van der Waals surface area contributed by atoms with Crippen molar-refractivity contribution in [1.29, 1.82) is 0 Å². The molecule has 0 fully saturated rings. The Kier molecular flexibility index (Phi) is 15.7. The van der Waals surface area contributed by atoms with Crippen LogP contribution < -0.4 is 0 Å². The number of unbranched alkanes of at least 4 members (excludes halogenated alkanes) is 6. The third-order valence-corrected chi connectivity index (χ3v) is 3.45.